The number of H-pyrrole nitrogens is 1. The van der Waals surface area contributed by atoms with Gasteiger partial charge in [0.25, 0.3) is 0 Å². The molecule has 2 N–H and O–H groups in total. The minimum absolute atomic E-state index is 0.0451. The number of aromatic amines is 1. The van der Waals surface area contributed by atoms with Crippen molar-refractivity contribution in [2.75, 3.05) is 14.2 Å². The van der Waals surface area contributed by atoms with E-state index in [1.807, 2.05) is 56.6 Å². The summed E-state index contributed by atoms with van der Waals surface area (Å²) in [6.07, 6.45) is 0.544. The number of nitrogens with zero attached hydrogens (tertiary/aromatic N) is 3. The zero-order valence-corrected chi connectivity index (χ0v) is 20.1. The average Bonchev–Trinajstić information content (AvgIpc) is 3.27. The van der Waals surface area contributed by atoms with Gasteiger partial charge in [-0.2, -0.15) is 10.2 Å². The van der Waals surface area contributed by atoms with Gasteiger partial charge in [-0.15, -0.1) is 0 Å². The maximum absolute atomic E-state index is 11.4. The van der Waals surface area contributed by atoms with Crippen molar-refractivity contribution >= 4 is 11.9 Å². The zero-order chi connectivity index (χ0) is 24.5. The van der Waals surface area contributed by atoms with E-state index in [1.54, 1.807) is 0 Å². The number of benzene rings is 1. The van der Waals surface area contributed by atoms with Gasteiger partial charge in [0.15, 0.2) is 0 Å². The van der Waals surface area contributed by atoms with E-state index >= 15 is 0 Å². The number of carbonyl (C=O) groups excluding carboxylic acids is 2. The third-order valence-electron chi connectivity index (χ3n) is 5.45. The second kappa shape index (κ2) is 12.0. The van der Waals surface area contributed by atoms with Crippen LogP contribution in [-0.2, 0) is 45.1 Å². The fourth-order valence-corrected chi connectivity index (χ4v) is 3.33. The first kappa shape index (κ1) is 25.8. The standard InChI is InChI=1S/C16H20N2O3.C8H12N2O2/c1-11-15(8-16(20)21-3)12(2)18(17-11)9-13-4-6-14(10-19)7-5-13;1-5-7(4-8(11)12-3)6(2)10-9-5/h4-7,19H,8-10H2,1-3H3;4H2,1-3H3,(H,9,10). The molecule has 0 saturated carbocycles. The van der Waals surface area contributed by atoms with E-state index in [0.717, 1.165) is 45.0 Å². The highest BCUT2D eigenvalue weighted by Crippen LogP contribution is 2.16. The van der Waals surface area contributed by atoms with E-state index < -0.39 is 0 Å². The maximum Gasteiger partial charge on any atom is 0.310 e. The van der Waals surface area contributed by atoms with Crippen molar-refractivity contribution in [2.45, 2.75) is 53.7 Å². The molecular weight excluding hydrogens is 424 g/mol. The molecule has 9 nitrogen and oxygen atoms in total. The largest absolute Gasteiger partial charge is 0.469 e. The Morgan fingerprint density at radius 1 is 0.909 bits per heavy atom. The van der Waals surface area contributed by atoms with Gasteiger partial charge in [-0.25, -0.2) is 0 Å². The van der Waals surface area contributed by atoms with Crippen LogP contribution < -0.4 is 0 Å². The summed E-state index contributed by atoms with van der Waals surface area (Å²) in [5.74, 6) is -0.490. The van der Waals surface area contributed by atoms with Gasteiger partial charge in [-0.05, 0) is 38.8 Å². The smallest absolute Gasteiger partial charge is 0.310 e. The normalized spacial score (nSPS) is 10.4. The second-order valence-electron chi connectivity index (χ2n) is 7.70. The monoisotopic (exact) mass is 456 g/mol. The summed E-state index contributed by atoms with van der Waals surface area (Å²) in [5, 5.41) is 20.3. The van der Waals surface area contributed by atoms with E-state index in [1.165, 1.54) is 14.2 Å². The Balaban J connectivity index is 0.000000273. The molecule has 1 aromatic carbocycles. The van der Waals surface area contributed by atoms with Crippen LogP contribution in [0.3, 0.4) is 0 Å². The lowest BCUT2D eigenvalue weighted by atomic mass is 10.1. The van der Waals surface area contributed by atoms with Gasteiger partial charge >= 0.3 is 11.9 Å². The molecule has 2 heterocycles. The summed E-state index contributed by atoms with van der Waals surface area (Å²) < 4.78 is 11.2. The van der Waals surface area contributed by atoms with Crippen molar-refractivity contribution in [3.8, 4) is 0 Å². The van der Waals surface area contributed by atoms with Gasteiger partial charge in [-0.3, -0.25) is 19.4 Å². The lowest BCUT2D eigenvalue weighted by molar-refractivity contribution is -0.140. The summed E-state index contributed by atoms with van der Waals surface area (Å²) in [6, 6.07) is 7.75. The zero-order valence-electron chi connectivity index (χ0n) is 20.1. The maximum atomic E-state index is 11.4. The van der Waals surface area contributed by atoms with Crippen LogP contribution >= 0.6 is 0 Å². The van der Waals surface area contributed by atoms with Crippen LogP contribution in [0.2, 0.25) is 0 Å². The fourth-order valence-electron chi connectivity index (χ4n) is 3.33. The highest BCUT2D eigenvalue weighted by Gasteiger charge is 2.15. The van der Waals surface area contributed by atoms with Crippen LogP contribution in [-0.4, -0.2) is 51.2 Å². The first-order valence-electron chi connectivity index (χ1n) is 10.6. The summed E-state index contributed by atoms with van der Waals surface area (Å²) in [6.45, 7) is 8.29. The quantitative estimate of drug-likeness (QED) is 0.524. The second-order valence-corrected chi connectivity index (χ2v) is 7.70. The van der Waals surface area contributed by atoms with Gasteiger partial charge in [0.1, 0.15) is 0 Å². The molecule has 0 aliphatic rings. The molecule has 0 fully saturated rings. The molecule has 3 rings (SSSR count). The average molecular weight is 457 g/mol. The van der Waals surface area contributed by atoms with Gasteiger partial charge in [-0.1, -0.05) is 24.3 Å². The molecule has 0 radical (unpaired) electrons. The van der Waals surface area contributed by atoms with Crippen LogP contribution in [0.5, 0.6) is 0 Å². The van der Waals surface area contributed by atoms with Crippen LogP contribution in [0.15, 0.2) is 24.3 Å². The predicted molar refractivity (Wildman–Crippen MR) is 123 cm³/mol. The lowest BCUT2D eigenvalue weighted by Gasteiger charge is -2.06. The Bertz CT molecular complexity index is 1060. The molecule has 0 atom stereocenters. The van der Waals surface area contributed by atoms with Crippen molar-refractivity contribution in [3.05, 3.63) is 69.3 Å². The first-order valence-corrected chi connectivity index (χ1v) is 10.6. The lowest BCUT2D eigenvalue weighted by Crippen LogP contribution is -2.07. The summed E-state index contributed by atoms with van der Waals surface area (Å²) in [4.78, 5) is 22.4. The predicted octanol–water partition coefficient (Wildman–Crippen LogP) is 2.50. The molecule has 3 aromatic rings. The SMILES string of the molecule is COC(=O)Cc1c(C)n[nH]c1C.COC(=O)Cc1c(C)nn(Cc2ccc(CO)cc2)c1C. The number of nitrogens with one attached hydrogen (secondary N) is 1. The number of hydrogen-bond acceptors (Lipinski definition) is 7. The minimum atomic E-state index is -0.256. The molecule has 0 bridgehead atoms. The molecule has 0 aliphatic heterocycles. The Kier molecular flexibility index (Phi) is 9.35. The number of esters is 2. The molecule has 0 saturated heterocycles. The summed E-state index contributed by atoms with van der Waals surface area (Å²) in [7, 11) is 2.77. The molecule has 0 unspecified atom stereocenters. The van der Waals surface area contributed by atoms with E-state index in [4.69, 9.17) is 9.84 Å². The number of carbonyl (C=O) groups is 2. The minimum Gasteiger partial charge on any atom is -0.469 e. The summed E-state index contributed by atoms with van der Waals surface area (Å²) in [5.41, 5.74) is 7.46. The topological polar surface area (TPSA) is 119 Å². The highest BCUT2D eigenvalue weighted by atomic mass is 16.5. The third kappa shape index (κ3) is 7.01. The number of methoxy groups -OCH3 is 2. The van der Waals surface area contributed by atoms with Crippen molar-refractivity contribution in [1.29, 1.82) is 0 Å². The molecule has 0 aliphatic carbocycles. The molecule has 2 aromatic heterocycles. The molecule has 178 valence electrons. The van der Waals surface area contributed by atoms with Gasteiger partial charge in [0, 0.05) is 22.5 Å². The van der Waals surface area contributed by atoms with Gasteiger partial charge in [0.05, 0.1) is 51.6 Å². The number of aromatic nitrogens is 4. The van der Waals surface area contributed by atoms with Crippen LogP contribution in [0.4, 0.5) is 0 Å². The number of rotatable bonds is 7. The van der Waals surface area contributed by atoms with Crippen LogP contribution in [0.1, 0.15) is 45.0 Å². The van der Waals surface area contributed by atoms with Crippen molar-refractivity contribution in [3.63, 3.8) is 0 Å². The molecule has 33 heavy (non-hydrogen) atoms. The molecule has 0 amide bonds. The molecule has 0 spiro atoms. The van der Waals surface area contributed by atoms with Crippen LogP contribution in [0.25, 0.3) is 0 Å². The van der Waals surface area contributed by atoms with E-state index in [9.17, 15) is 9.59 Å². The van der Waals surface area contributed by atoms with Gasteiger partial charge < -0.3 is 14.6 Å². The number of aliphatic hydroxyl groups is 1. The first-order chi connectivity index (χ1) is 15.7. The Hall–Kier alpha value is -3.46. The number of ether oxygens (including phenoxy) is 2. The van der Waals surface area contributed by atoms with Crippen molar-refractivity contribution in [1.82, 2.24) is 20.0 Å². The number of hydrogen-bond donors (Lipinski definition) is 2. The van der Waals surface area contributed by atoms with E-state index in [-0.39, 0.29) is 25.0 Å². The van der Waals surface area contributed by atoms with Crippen molar-refractivity contribution in [2.24, 2.45) is 0 Å². The Morgan fingerprint density at radius 2 is 1.45 bits per heavy atom. The fraction of sp³-hybridized carbons (Fsp3) is 0.417. The third-order valence-corrected chi connectivity index (χ3v) is 5.45. The highest BCUT2D eigenvalue weighted by molar-refractivity contribution is 5.73. The number of aliphatic hydroxyl groups excluding tert-OH is 1. The molecular formula is C24H32N4O5. The Labute approximate surface area is 193 Å². The summed E-state index contributed by atoms with van der Waals surface area (Å²) >= 11 is 0. The van der Waals surface area contributed by atoms with Crippen molar-refractivity contribution < 1.29 is 24.2 Å². The number of aryl methyl sites for hydroxylation is 3. The van der Waals surface area contributed by atoms with Crippen LogP contribution in [0, 0.1) is 27.7 Å². The Morgan fingerprint density at radius 3 is 1.94 bits per heavy atom. The molecule has 9 heteroatoms. The van der Waals surface area contributed by atoms with E-state index in [2.05, 4.69) is 20.0 Å². The van der Waals surface area contributed by atoms with E-state index in [0.29, 0.717) is 13.0 Å². The van der Waals surface area contributed by atoms with Gasteiger partial charge in [0.2, 0.25) is 0 Å².